The van der Waals surface area contributed by atoms with Gasteiger partial charge >= 0.3 is 0 Å². The number of rotatable bonds is 2. The monoisotopic (exact) mass is 313 g/mol. The van der Waals surface area contributed by atoms with E-state index in [-0.39, 0.29) is 5.82 Å². The number of halogens is 2. The lowest BCUT2D eigenvalue weighted by Crippen LogP contribution is -2.06. The van der Waals surface area contributed by atoms with Crippen LogP contribution in [0.15, 0.2) is 64.9 Å². The molecule has 0 bridgehead atoms. The number of pyridine rings is 1. The van der Waals surface area contributed by atoms with Gasteiger partial charge in [-0.05, 0) is 42.0 Å². The summed E-state index contributed by atoms with van der Waals surface area (Å²) in [5.74, 6) is -0.296. The number of aryl methyl sites for hydroxylation is 1. The van der Waals surface area contributed by atoms with Crippen LogP contribution in [0, 0.1) is 5.82 Å². The van der Waals surface area contributed by atoms with Crippen molar-refractivity contribution in [1.82, 2.24) is 4.57 Å². The molecule has 1 aromatic heterocycles. The van der Waals surface area contributed by atoms with Crippen LogP contribution in [0.5, 0.6) is 0 Å². The van der Waals surface area contributed by atoms with E-state index in [1.807, 2.05) is 42.1 Å². The Labute approximate surface area is 132 Å². The minimum absolute atomic E-state index is 0.296. The molecule has 2 aromatic carbocycles. The molecule has 0 saturated heterocycles. The zero-order valence-electron chi connectivity index (χ0n) is 11.9. The van der Waals surface area contributed by atoms with Crippen molar-refractivity contribution in [2.24, 2.45) is 17.3 Å². The first-order valence-electron chi connectivity index (χ1n) is 6.71. The summed E-state index contributed by atoms with van der Waals surface area (Å²) in [5, 5.41) is 10.6. The largest absolute Gasteiger partial charge is 0.350 e. The van der Waals surface area contributed by atoms with Gasteiger partial charge in [-0.25, -0.2) is 4.39 Å². The zero-order chi connectivity index (χ0) is 15.5. The molecule has 1 heterocycles. The van der Waals surface area contributed by atoms with E-state index in [4.69, 9.17) is 11.6 Å². The van der Waals surface area contributed by atoms with Crippen LogP contribution in [0.25, 0.3) is 10.9 Å². The molecule has 0 aliphatic carbocycles. The van der Waals surface area contributed by atoms with Crippen molar-refractivity contribution in [2.75, 3.05) is 0 Å². The van der Waals surface area contributed by atoms with Gasteiger partial charge in [0.05, 0.1) is 17.1 Å². The van der Waals surface area contributed by atoms with Gasteiger partial charge < -0.3 is 4.57 Å². The first kappa shape index (κ1) is 14.5. The van der Waals surface area contributed by atoms with Gasteiger partial charge in [-0.2, -0.15) is 10.2 Å². The molecule has 0 aliphatic rings. The summed E-state index contributed by atoms with van der Waals surface area (Å²) in [6, 6.07) is 13.7. The van der Waals surface area contributed by atoms with Gasteiger partial charge in [0.25, 0.3) is 0 Å². The van der Waals surface area contributed by atoms with E-state index in [9.17, 15) is 4.39 Å². The van der Waals surface area contributed by atoms with E-state index >= 15 is 0 Å². The molecule has 0 fully saturated rings. The Morgan fingerprint density at radius 2 is 2.00 bits per heavy atom. The van der Waals surface area contributed by atoms with Gasteiger partial charge in [-0.15, -0.1) is 0 Å². The maximum Gasteiger partial charge on any atom is 0.123 e. The molecular formula is C17H13ClFN3. The molecule has 0 unspecified atom stereocenters. The normalized spacial score (nSPS) is 12.4. The molecule has 0 aliphatic heterocycles. The van der Waals surface area contributed by atoms with Crippen LogP contribution in [0.4, 0.5) is 4.39 Å². The fourth-order valence-electron chi connectivity index (χ4n) is 2.20. The summed E-state index contributed by atoms with van der Waals surface area (Å²) in [7, 11) is 1.94. The second-order valence-electron chi connectivity index (χ2n) is 4.87. The quantitative estimate of drug-likeness (QED) is 0.507. The second kappa shape index (κ2) is 6.12. The summed E-state index contributed by atoms with van der Waals surface area (Å²) in [4.78, 5) is 0. The number of hydrogen-bond acceptors (Lipinski definition) is 2. The van der Waals surface area contributed by atoms with Gasteiger partial charge in [0.15, 0.2) is 0 Å². The molecule has 0 amide bonds. The number of fused-ring (bicyclic) bond motifs is 1. The average Bonchev–Trinajstić information content (AvgIpc) is 2.50. The van der Waals surface area contributed by atoms with Crippen molar-refractivity contribution >= 4 is 28.7 Å². The first-order valence-corrected chi connectivity index (χ1v) is 7.09. The van der Waals surface area contributed by atoms with Gasteiger partial charge in [0.2, 0.25) is 0 Å². The molecule has 0 N–H and O–H groups in total. The van der Waals surface area contributed by atoms with Gasteiger partial charge in [-0.3, -0.25) is 0 Å². The van der Waals surface area contributed by atoms with Crippen LogP contribution in [0.1, 0.15) is 5.56 Å². The lowest BCUT2D eigenvalue weighted by Gasteiger charge is -2.05. The highest BCUT2D eigenvalue weighted by Gasteiger charge is 2.00. The fourth-order valence-corrected chi connectivity index (χ4v) is 2.36. The molecular weight excluding hydrogens is 301 g/mol. The van der Waals surface area contributed by atoms with E-state index in [0.717, 1.165) is 16.3 Å². The van der Waals surface area contributed by atoms with Crippen molar-refractivity contribution in [2.45, 2.75) is 0 Å². The van der Waals surface area contributed by atoms with Crippen LogP contribution in [0.2, 0.25) is 5.02 Å². The van der Waals surface area contributed by atoms with Crippen molar-refractivity contribution in [3.63, 3.8) is 0 Å². The van der Waals surface area contributed by atoms with Crippen LogP contribution < -0.4 is 5.36 Å². The SMILES string of the molecule is Cn1cc/c(=N\N=C\c2cccc(F)c2)c2ccc(Cl)cc21. The lowest BCUT2D eigenvalue weighted by molar-refractivity contribution is 0.627. The average molecular weight is 314 g/mol. The van der Waals surface area contributed by atoms with Crippen molar-refractivity contribution in [3.05, 3.63) is 76.5 Å². The van der Waals surface area contributed by atoms with Crippen LogP contribution in [-0.4, -0.2) is 10.8 Å². The Kier molecular flexibility index (Phi) is 4.02. The van der Waals surface area contributed by atoms with Gasteiger partial charge in [0.1, 0.15) is 5.82 Å². The molecule has 110 valence electrons. The maximum absolute atomic E-state index is 13.1. The number of nitrogens with zero attached hydrogens (tertiary/aromatic N) is 3. The standard InChI is InChI=1S/C17H13ClFN3/c1-22-8-7-16(15-6-5-13(18)10-17(15)22)21-20-11-12-3-2-4-14(19)9-12/h2-11H,1H3/b20-11+,21-16+. The highest BCUT2D eigenvalue weighted by molar-refractivity contribution is 6.31. The minimum Gasteiger partial charge on any atom is -0.350 e. The molecule has 22 heavy (non-hydrogen) atoms. The summed E-state index contributed by atoms with van der Waals surface area (Å²) in [6.45, 7) is 0. The smallest absolute Gasteiger partial charge is 0.123 e. The van der Waals surface area contributed by atoms with E-state index in [0.29, 0.717) is 10.6 Å². The summed E-state index contributed by atoms with van der Waals surface area (Å²) in [6.07, 6.45) is 3.42. The third-order valence-electron chi connectivity index (χ3n) is 3.29. The molecule has 0 spiro atoms. The fraction of sp³-hybridized carbons (Fsp3) is 0.0588. The van der Waals surface area contributed by atoms with Crippen LogP contribution in [0.3, 0.4) is 0 Å². The number of hydrogen-bond donors (Lipinski definition) is 0. The Bertz CT molecular complexity index is 929. The molecule has 3 rings (SSSR count). The zero-order valence-corrected chi connectivity index (χ0v) is 12.6. The van der Waals surface area contributed by atoms with Crippen LogP contribution in [-0.2, 0) is 7.05 Å². The predicted molar refractivity (Wildman–Crippen MR) is 87.5 cm³/mol. The number of benzene rings is 2. The third-order valence-corrected chi connectivity index (χ3v) is 3.53. The topological polar surface area (TPSA) is 29.6 Å². The summed E-state index contributed by atoms with van der Waals surface area (Å²) in [5.41, 5.74) is 1.63. The molecule has 5 heteroatoms. The lowest BCUT2D eigenvalue weighted by atomic mass is 10.2. The molecule has 3 aromatic rings. The van der Waals surface area contributed by atoms with E-state index in [1.54, 1.807) is 12.1 Å². The predicted octanol–water partition coefficient (Wildman–Crippen LogP) is 3.91. The van der Waals surface area contributed by atoms with E-state index < -0.39 is 0 Å². The first-order chi connectivity index (χ1) is 10.6. The van der Waals surface area contributed by atoms with E-state index in [1.165, 1.54) is 18.3 Å². The Hall–Kier alpha value is -2.46. The van der Waals surface area contributed by atoms with Crippen molar-refractivity contribution in [3.8, 4) is 0 Å². The molecule has 0 saturated carbocycles. The maximum atomic E-state index is 13.1. The summed E-state index contributed by atoms with van der Waals surface area (Å²) >= 11 is 6.03. The highest BCUT2D eigenvalue weighted by Crippen LogP contribution is 2.15. The number of aromatic nitrogens is 1. The second-order valence-corrected chi connectivity index (χ2v) is 5.31. The Balaban J connectivity index is 2.05. The third kappa shape index (κ3) is 3.07. The minimum atomic E-state index is -0.296. The summed E-state index contributed by atoms with van der Waals surface area (Å²) < 4.78 is 15.1. The van der Waals surface area contributed by atoms with Crippen LogP contribution >= 0.6 is 11.6 Å². The Morgan fingerprint density at radius 1 is 1.14 bits per heavy atom. The molecule has 0 atom stereocenters. The highest BCUT2D eigenvalue weighted by atomic mass is 35.5. The molecule has 0 radical (unpaired) electrons. The van der Waals surface area contributed by atoms with E-state index in [2.05, 4.69) is 10.2 Å². The van der Waals surface area contributed by atoms with Crippen molar-refractivity contribution < 1.29 is 4.39 Å². The van der Waals surface area contributed by atoms with Crippen molar-refractivity contribution in [1.29, 1.82) is 0 Å². The van der Waals surface area contributed by atoms with Gasteiger partial charge in [-0.1, -0.05) is 23.7 Å². The molecule has 3 nitrogen and oxygen atoms in total. The van der Waals surface area contributed by atoms with Gasteiger partial charge in [0, 0.05) is 23.7 Å². The Morgan fingerprint density at radius 3 is 2.82 bits per heavy atom.